The van der Waals surface area contributed by atoms with Gasteiger partial charge < -0.3 is 0 Å². The van der Waals surface area contributed by atoms with Gasteiger partial charge in [0, 0.05) is 0 Å². The van der Waals surface area contributed by atoms with Gasteiger partial charge in [0.05, 0.1) is 0 Å². The van der Waals surface area contributed by atoms with Crippen LogP contribution in [0.1, 0.15) is 18.9 Å². The maximum absolute atomic E-state index is 6.55. The fourth-order valence-electron chi connectivity index (χ4n) is 2.50. The van der Waals surface area contributed by atoms with Gasteiger partial charge in [-0.2, -0.15) is 0 Å². The summed E-state index contributed by atoms with van der Waals surface area (Å²) >= 11 is 6.69. The van der Waals surface area contributed by atoms with E-state index in [4.69, 9.17) is 5.73 Å². The van der Waals surface area contributed by atoms with Gasteiger partial charge in [-0.1, -0.05) is 0 Å². The summed E-state index contributed by atoms with van der Waals surface area (Å²) in [5.74, 6) is 0. The van der Waals surface area contributed by atoms with Gasteiger partial charge in [-0.05, 0) is 0 Å². The molecule has 0 aromatic heterocycles. The quantitative estimate of drug-likeness (QED) is 0.224. The molecule has 121 valence electrons. The third-order valence-corrected chi connectivity index (χ3v) is 10.7. The molecule has 2 aromatic carbocycles. The van der Waals surface area contributed by atoms with E-state index in [1.807, 2.05) is 6.07 Å². The Morgan fingerprint density at radius 3 is 2.22 bits per heavy atom. The summed E-state index contributed by atoms with van der Waals surface area (Å²) in [6, 6.07) is 21.1. The second kappa shape index (κ2) is 9.02. The first kappa shape index (κ1) is 18.7. The van der Waals surface area contributed by atoms with Crippen LogP contribution in [-0.4, -0.2) is 54.4 Å². The molecule has 0 spiro atoms. The molecular formula is C18H23N2PSe2+. The minimum atomic E-state index is -1.70. The van der Waals surface area contributed by atoms with Crippen LogP contribution in [0.3, 0.4) is 0 Å². The molecule has 2 nitrogen and oxygen atoms in total. The molecule has 0 fully saturated rings. The van der Waals surface area contributed by atoms with E-state index in [2.05, 4.69) is 97.2 Å². The zero-order valence-corrected chi connectivity index (χ0v) is 17.7. The van der Waals surface area contributed by atoms with Crippen molar-refractivity contribution in [3.05, 3.63) is 66.2 Å². The molecule has 0 amide bonds. The zero-order valence-electron chi connectivity index (χ0n) is 13.4. The Morgan fingerprint density at radius 2 is 1.65 bits per heavy atom. The van der Waals surface area contributed by atoms with Gasteiger partial charge in [-0.15, -0.1) is 0 Å². The van der Waals surface area contributed by atoms with E-state index >= 15 is 0 Å². The van der Waals surface area contributed by atoms with Crippen molar-refractivity contribution in [1.82, 2.24) is 0 Å². The average molecular weight is 456 g/mol. The van der Waals surface area contributed by atoms with Gasteiger partial charge in [0.1, 0.15) is 0 Å². The molecule has 0 aliphatic carbocycles. The Labute approximate surface area is 155 Å². The summed E-state index contributed by atoms with van der Waals surface area (Å²) in [6.45, 7) is 4.08. The summed E-state index contributed by atoms with van der Waals surface area (Å²) in [5, 5.41) is 1.26. The monoisotopic (exact) mass is 458 g/mol. The first-order valence-corrected chi connectivity index (χ1v) is 14.1. The van der Waals surface area contributed by atoms with Crippen molar-refractivity contribution in [2.45, 2.75) is 19.8 Å². The molecule has 0 atom stereocenters. The standard InChI is InChI=1S/C18H22N2PSe2/c1-2-20(15-9-12-16-10-5-3-6-11-16)18(19)21(22,23)17-13-7-4-8-14-17/h3-8,10-11,13-14,19H,2,9,12,15H2,1H3/p+1. The minimum absolute atomic E-state index is 0.929. The molecule has 0 unspecified atom stereocenters. The molecule has 0 aliphatic rings. The third kappa shape index (κ3) is 5.18. The topological polar surface area (TPSA) is 29.0 Å². The Hall–Kier alpha value is -0.621. The first-order valence-electron chi connectivity index (χ1n) is 7.84. The van der Waals surface area contributed by atoms with Crippen molar-refractivity contribution in [2.75, 3.05) is 13.1 Å². The van der Waals surface area contributed by atoms with Crippen LogP contribution in [0.5, 0.6) is 0 Å². The fourth-order valence-corrected chi connectivity index (χ4v) is 6.92. The molecule has 2 N–H and O–H groups in total. The molecular weight excluding hydrogens is 433 g/mol. The second-order valence-corrected chi connectivity index (χ2v) is 17.9. The Kier molecular flexibility index (Phi) is 7.34. The predicted molar refractivity (Wildman–Crippen MR) is 104 cm³/mol. The van der Waals surface area contributed by atoms with E-state index in [0.29, 0.717) is 0 Å². The molecule has 5 heteroatoms. The van der Waals surface area contributed by atoms with E-state index in [1.54, 1.807) is 0 Å². The van der Waals surface area contributed by atoms with Crippen molar-refractivity contribution in [2.24, 2.45) is 5.73 Å². The van der Waals surface area contributed by atoms with Crippen molar-refractivity contribution in [3.63, 3.8) is 0 Å². The summed E-state index contributed by atoms with van der Waals surface area (Å²) in [6.07, 6.45) is 2.19. The molecule has 0 saturated carbocycles. The first-order chi connectivity index (χ1) is 11.1. The van der Waals surface area contributed by atoms with E-state index in [0.717, 1.165) is 31.5 Å². The Bertz CT molecular complexity index is 643. The van der Waals surface area contributed by atoms with E-state index in [-0.39, 0.29) is 0 Å². The number of nitrogens with two attached hydrogens (primary N) is 1. The summed E-state index contributed by atoms with van der Waals surface area (Å²) in [4.78, 5) is 0. The van der Waals surface area contributed by atoms with Crippen LogP contribution >= 0.6 is 4.64 Å². The van der Waals surface area contributed by atoms with Crippen molar-refractivity contribution < 1.29 is 4.58 Å². The predicted octanol–water partition coefficient (Wildman–Crippen LogP) is 2.48. The van der Waals surface area contributed by atoms with E-state index < -0.39 is 4.64 Å². The Morgan fingerprint density at radius 1 is 1.09 bits per heavy atom. The SMILES string of the molecule is CC[N+](CCCc1ccccc1)=C(N)[P+]([Se])([Se-])c1ccccc1. The van der Waals surface area contributed by atoms with Gasteiger partial charge in [0.25, 0.3) is 0 Å². The van der Waals surface area contributed by atoms with Gasteiger partial charge in [0.2, 0.25) is 0 Å². The van der Waals surface area contributed by atoms with Crippen LogP contribution < -0.4 is 11.0 Å². The summed E-state index contributed by atoms with van der Waals surface area (Å²) < 4.78 is 0.602. The summed E-state index contributed by atoms with van der Waals surface area (Å²) in [5.41, 5.74) is 8.89. The summed E-state index contributed by atoms with van der Waals surface area (Å²) in [7, 11) is 0. The van der Waals surface area contributed by atoms with Crippen LogP contribution in [-0.2, 0) is 6.42 Å². The normalized spacial score (nSPS) is 14.9. The van der Waals surface area contributed by atoms with Crippen LogP contribution in [0, 0.1) is 0 Å². The van der Waals surface area contributed by atoms with Crippen molar-refractivity contribution in [1.29, 1.82) is 0 Å². The van der Waals surface area contributed by atoms with Crippen LogP contribution in [0.15, 0.2) is 60.7 Å². The Balaban J connectivity index is 2.09. The fraction of sp³-hybridized carbons (Fsp3) is 0.278. The molecule has 2 aromatic rings. The van der Waals surface area contributed by atoms with Crippen LogP contribution in [0.4, 0.5) is 0 Å². The second-order valence-electron chi connectivity index (χ2n) is 5.41. The van der Waals surface area contributed by atoms with E-state index in [9.17, 15) is 0 Å². The zero-order chi connectivity index (χ0) is 16.7. The number of benzene rings is 2. The molecule has 2 rings (SSSR count). The molecule has 0 heterocycles. The molecule has 1 radical (unpaired) electrons. The number of nitrogens with zero attached hydrogens (tertiary/aromatic N) is 1. The maximum atomic E-state index is 6.55. The number of hydrogen-bond acceptors (Lipinski definition) is 0. The molecule has 0 bridgehead atoms. The number of aryl methyl sites for hydroxylation is 1. The van der Waals surface area contributed by atoms with Crippen LogP contribution in [0.25, 0.3) is 0 Å². The van der Waals surface area contributed by atoms with Gasteiger partial charge in [0.15, 0.2) is 0 Å². The number of hydrogen-bond donors (Lipinski definition) is 1. The molecule has 23 heavy (non-hydrogen) atoms. The number of amidine groups is 1. The molecule has 0 saturated heterocycles. The van der Waals surface area contributed by atoms with Gasteiger partial charge >= 0.3 is 156 Å². The van der Waals surface area contributed by atoms with Crippen LogP contribution in [0.2, 0.25) is 0 Å². The van der Waals surface area contributed by atoms with E-state index in [1.165, 1.54) is 10.9 Å². The van der Waals surface area contributed by atoms with Crippen molar-refractivity contribution >= 4 is 46.7 Å². The average Bonchev–Trinajstić information content (AvgIpc) is 2.60. The van der Waals surface area contributed by atoms with Crippen molar-refractivity contribution in [3.8, 4) is 0 Å². The van der Waals surface area contributed by atoms with Gasteiger partial charge in [-0.25, -0.2) is 0 Å². The third-order valence-electron chi connectivity index (χ3n) is 3.84. The molecule has 0 aliphatic heterocycles. The van der Waals surface area contributed by atoms with Gasteiger partial charge in [-0.3, -0.25) is 0 Å². The number of rotatable bonds is 7.